The third-order valence-electron chi connectivity index (χ3n) is 2.59. The molecule has 4 nitrogen and oxygen atoms in total. The summed E-state index contributed by atoms with van der Waals surface area (Å²) in [6.45, 7) is -0.262. The van der Waals surface area contributed by atoms with E-state index in [4.69, 9.17) is 16.3 Å². The topological polar surface area (TPSA) is 39.9 Å². The molecule has 0 radical (unpaired) electrons. The van der Waals surface area contributed by atoms with Crippen molar-refractivity contribution in [2.24, 2.45) is 0 Å². The van der Waals surface area contributed by atoms with Crippen LogP contribution in [0, 0.1) is 0 Å². The molecule has 2 rings (SSSR count). The van der Waals surface area contributed by atoms with Gasteiger partial charge in [-0.15, -0.1) is 11.6 Å². The first-order chi connectivity index (χ1) is 8.94. The number of imidazole rings is 1. The Bertz CT molecular complexity index is 582. The van der Waals surface area contributed by atoms with E-state index in [0.717, 1.165) is 0 Å². The zero-order chi connectivity index (χ0) is 14.0. The van der Waals surface area contributed by atoms with Gasteiger partial charge in [-0.05, 0) is 6.07 Å². The summed E-state index contributed by atoms with van der Waals surface area (Å²) in [5.74, 6) is 0.708. The lowest BCUT2D eigenvalue weighted by Gasteiger charge is -2.09. The molecule has 19 heavy (non-hydrogen) atoms. The summed E-state index contributed by atoms with van der Waals surface area (Å²) in [6.07, 6.45) is -5.19. The van der Waals surface area contributed by atoms with Gasteiger partial charge in [0.25, 0.3) is 0 Å². The number of hydrogen-bond acceptors (Lipinski definition) is 3. The quantitative estimate of drug-likeness (QED) is 0.813. The van der Waals surface area contributed by atoms with Gasteiger partial charge in [0.1, 0.15) is 11.3 Å². The standard InChI is InChI=1S/C11H11ClF3N3O/c1-19-9-3-2-7-10(17-9)18(8(6-12)16-7)5-4-11(13,14)15/h2-3H,4-6H2,1H3. The van der Waals surface area contributed by atoms with Crippen molar-refractivity contribution < 1.29 is 17.9 Å². The number of ether oxygens (including phenoxy) is 1. The highest BCUT2D eigenvalue weighted by molar-refractivity contribution is 6.16. The second kappa shape index (κ2) is 5.24. The molecule has 0 aliphatic heterocycles. The zero-order valence-corrected chi connectivity index (χ0v) is 10.8. The first kappa shape index (κ1) is 13.9. The second-order valence-corrected chi connectivity index (χ2v) is 4.14. The molecule has 2 heterocycles. The van der Waals surface area contributed by atoms with Gasteiger partial charge in [-0.25, -0.2) is 4.98 Å². The molecule has 0 spiro atoms. The molecule has 0 atom stereocenters. The largest absolute Gasteiger partial charge is 0.481 e. The predicted molar refractivity (Wildman–Crippen MR) is 64.3 cm³/mol. The van der Waals surface area contributed by atoms with Crippen LogP contribution in [0.15, 0.2) is 12.1 Å². The summed E-state index contributed by atoms with van der Waals surface area (Å²) in [6, 6.07) is 3.24. The maximum atomic E-state index is 12.3. The average molecular weight is 294 g/mol. The Hall–Kier alpha value is -1.50. The number of rotatable bonds is 4. The van der Waals surface area contributed by atoms with Crippen molar-refractivity contribution in [3.8, 4) is 5.88 Å². The maximum Gasteiger partial charge on any atom is 0.390 e. The molecule has 0 aromatic carbocycles. The van der Waals surface area contributed by atoms with Crippen LogP contribution in [0.5, 0.6) is 5.88 Å². The SMILES string of the molecule is COc1ccc2nc(CCl)n(CCC(F)(F)F)c2n1. The Morgan fingerprint density at radius 2 is 2.05 bits per heavy atom. The van der Waals surface area contributed by atoms with Gasteiger partial charge in [-0.1, -0.05) is 0 Å². The van der Waals surface area contributed by atoms with Crippen LogP contribution in [0.3, 0.4) is 0 Å². The Morgan fingerprint density at radius 1 is 1.32 bits per heavy atom. The van der Waals surface area contributed by atoms with Crippen LogP contribution in [0.1, 0.15) is 12.2 Å². The van der Waals surface area contributed by atoms with Crippen LogP contribution < -0.4 is 4.74 Å². The highest BCUT2D eigenvalue weighted by atomic mass is 35.5. The van der Waals surface area contributed by atoms with Crippen molar-refractivity contribution in [1.82, 2.24) is 14.5 Å². The highest BCUT2D eigenvalue weighted by Gasteiger charge is 2.27. The normalized spacial score (nSPS) is 12.1. The van der Waals surface area contributed by atoms with E-state index in [1.165, 1.54) is 11.7 Å². The molecule has 0 saturated carbocycles. The molecule has 0 N–H and O–H groups in total. The van der Waals surface area contributed by atoms with Gasteiger partial charge in [0.15, 0.2) is 5.65 Å². The van der Waals surface area contributed by atoms with Gasteiger partial charge in [0, 0.05) is 12.6 Å². The van der Waals surface area contributed by atoms with E-state index in [1.54, 1.807) is 12.1 Å². The molecule has 8 heteroatoms. The average Bonchev–Trinajstić information content (AvgIpc) is 2.72. The van der Waals surface area contributed by atoms with E-state index in [-0.39, 0.29) is 12.4 Å². The number of aromatic nitrogens is 3. The van der Waals surface area contributed by atoms with Crippen molar-refractivity contribution >= 4 is 22.8 Å². The van der Waals surface area contributed by atoms with Crippen LogP contribution in [-0.4, -0.2) is 27.8 Å². The summed E-state index contributed by atoms with van der Waals surface area (Å²) in [7, 11) is 1.44. The molecule has 0 aliphatic rings. The van der Waals surface area contributed by atoms with Crippen LogP contribution in [0.2, 0.25) is 0 Å². The monoisotopic (exact) mass is 293 g/mol. The predicted octanol–water partition coefficient (Wildman–Crippen LogP) is 3.13. The minimum Gasteiger partial charge on any atom is -0.481 e. The van der Waals surface area contributed by atoms with Gasteiger partial charge < -0.3 is 9.30 Å². The third kappa shape index (κ3) is 3.09. The summed E-state index contributed by atoms with van der Waals surface area (Å²) in [5, 5.41) is 0. The van der Waals surface area contributed by atoms with Gasteiger partial charge in [-0.3, -0.25) is 0 Å². The lowest BCUT2D eigenvalue weighted by Crippen LogP contribution is -2.14. The first-order valence-corrected chi connectivity index (χ1v) is 6.01. The fourth-order valence-corrected chi connectivity index (χ4v) is 1.92. The van der Waals surface area contributed by atoms with Crippen LogP contribution >= 0.6 is 11.6 Å². The Balaban J connectivity index is 2.43. The third-order valence-corrected chi connectivity index (χ3v) is 2.83. The van der Waals surface area contributed by atoms with Gasteiger partial charge in [0.05, 0.1) is 19.4 Å². The molecule has 0 bridgehead atoms. The molecule has 0 unspecified atom stereocenters. The smallest absolute Gasteiger partial charge is 0.390 e. The van der Waals surface area contributed by atoms with E-state index < -0.39 is 12.6 Å². The van der Waals surface area contributed by atoms with Crippen LogP contribution in [0.4, 0.5) is 13.2 Å². The van der Waals surface area contributed by atoms with E-state index in [9.17, 15) is 13.2 Å². The number of alkyl halides is 4. The highest BCUT2D eigenvalue weighted by Crippen LogP contribution is 2.24. The Morgan fingerprint density at radius 3 is 2.63 bits per heavy atom. The van der Waals surface area contributed by atoms with Gasteiger partial charge in [-0.2, -0.15) is 18.2 Å². The van der Waals surface area contributed by atoms with Crippen molar-refractivity contribution in [2.75, 3.05) is 7.11 Å². The molecular weight excluding hydrogens is 283 g/mol. The molecule has 104 valence electrons. The fraction of sp³-hybridized carbons (Fsp3) is 0.455. The molecule has 0 fully saturated rings. The van der Waals surface area contributed by atoms with Crippen molar-refractivity contribution in [3.05, 3.63) is 18.0 Å². The Kier molecular flexibility index (Phi) is 3.84. The number of methoxy groups -OCH3 is 1. The fourth-order valence-electron chi connectivity index (χ4n) is 1.72. The van der Waals surface area contributed by atoms with E-state index in [1.807, 2.05) is 0 Å². The number of fused-ring (bicyclic) bond motifs is 1. The van der Waals surface area contributed by atoms with Crippen molar-refractivity contribution in [1.29, 1.82) is 0 Å². The van der Waals surface area contributed by atoms with Crippen LogP contribution in [-0.2, 0) is 12.4 Å². The minimum atomic E-state index is -4.24. The Labute approximate surface area is 112 Å². The van der Waals surface area contributed by atoms with Crippen LogP contribution in [0.25, 0.3) is 11.2 Å². The minimum absolute atomic E-state index is 0.0243. The van der Waals surface area contributed by atoms with E-state index >= 15 is 0 Å². The number of hydrogen-bond donors (Lipinski definition) is 0. The van der Waals surface area contributed by atoms with Gasteiger partial charge >= 0.3 is 6.18 Å². The lowest BCUT2D eigenvalue weighted by atomic mass is 10.4. The summed E-state index contributed by atoms with van der Waals surface area (Å²) >= 11 is 5.70. The molecule has 0 aliphatic carbocycles. The second-order valence-electron chi connectivity index (χ2n) is 3.87. The maximum absolute atomic E-state index is 12.3. The van der Waals surface area contributed by atoms with Crippen molar-refractivity contribution in [2.45, 2.75) is 25.0 Å². The summed E-state index contributed by atoms with van der Waals surface area (Å²) in [5.41, 5.74) is 0.845. The molecule has 2 aromatic rings. The van der Waals surface area contributed by atoms with E-state index in [0.29, 0.717) is 22.9 Å². The molecule has 0 saturated heterocycles. The lowest BCUT2D eigenvalue weighted by molar-refractivity contribution is -0.136. The molecular formula is C11H11ClF3N3O. The summed E-state index contributed by atoms with van der Waals surface area (Å²) < 4.78 is 43.3. The van der Waals surface area contributed by atoms with E-state index in [2.05, 4.69) is 9.97 Å². The summed E-state index contributed by atoms with van der Waals surface area (Å²) in [4.78, 5) is 8.27. The first-order valence-electron chi connectivity index (χ1n) is 5.47. The number of aryl methyl sites for hydroxylation is 1. The zero-order valence-electron chi connectivity index (χ0n) is 10.0. The number of halogens is 4. The van der Waals surface area contributed by atoms with Gasteiger partial charge in [0.2, 0.25) is 5.88 Å². The van der Waals surface area contributed by atoms with Crippen molar-refractivity contribution in [3.63, 3.8) is 0 Å². The molecule has 2 aromatic heterocycles. The number of nitrogens with zero attached hydrogens (tertiary/aromatic N) is 3. The molecule has 0 amide bonds. The number of pyridine rings is 1.